The first kappa shape index (κ1) is 32.7. The Morgan fingerprint density at radius 3 is 2.52 bits per heavy atom. The zero-order valence-electron chi connectivity index (χ0n) is 24.3. The summed E-state index contributed by atoms with van der Waals surface area (Å²) in [6.07, 6.45) is -1.29. The number of nitrogens with one attached hydrogen (secondary N) is 2. The molecule has 1 aliphatic rings. The maximum Gasteiger partial charge on any atom is 0.456 e. The Labute approximate surface area is 261 Å². The maximum atomic E-state index is 12.9. The third-order valence-corrected chi connectivity index (χ3v) is 7.67. The number of rotatable bonds is 14. The second kappa shape index (κ2) is 14.6. The van der Waals surface area contributed by atoms with Crippen molar-refractivity contribution < 1.29 is 42.5 Å². The van der Waals surface area contributed by atoms with Crippen LogP contribution in [0.3, 0.4) is 0 Å². The van der Waals surface area contributed by atoms with Crippen LogP contribution in [0.1, 0.15) is 23.8 Å². The summed E-state index contributed by atoms with van der Waals surface area (Å²) in [5.41, 5.74) is 12.5. The predicted molar refractivity (Wildman–Crippen MR) is 161 cm³/mol. The van der Waals surface area contributed by atoms with E-state index in [4.69, 9.17) is 34.5 Å². The molecule has 7 N–H and O–H groups in total. The lowest BCUT2D eigenvalue weighted by molar-refractivity contribution is -0.145. The van der Waals surface area contributed by atoms with Crippen LogP contribution in [0.25, 0.3) is 11.2 Å². The van der Waals surface area contributed by atoms with E-state index in [9.17, 15) is 24.1 Å². The van der Waals surface area contributed by atoms with Gasteiger partial charge in [-0.25, -0.2) is 15.1 Å². The molecule has 4 aromatic rings. The molecule has 1 aliphatic heterocycles. The summed E-state index contributed by atoms with van der Waals surface area (Å²) < 4.78 is 41.2. The third-order valence-electron chi connectivity index (χ3n) is 6.70. The number of esters is 2. The van der Waals surface area contributed by atoms with E-state index < -0.39 is 43.7 Å². The van der Waals surface area contributed by atoms with Crippen LogP contribution in [-0.4, -0.2) is 68.5 Å². The second-order valence-corrected chi connectivity index (χ2v) is 11.7. The van der Waals surface area contributed by atoms with Crippen molar-refractivity contribution in [1.82, 2.24) is 24.8 Å². The van der Waals surface area contributed by atoms with Crippen LogP contribution in [0.2, 0.25) is 0 Å². The molecule has 0 spiro atoms. The number of ether oxygens (including phenoxy) is 3. The number of carbonyl (C=O) groups is 2. The van der Waals surface area contributed by atoms with Gasteiger partial charge in [0.1, 0.15) is 31.3 Å². The van der Waals surface area contributed by atoms with Crippen LogP contribution in [0.15, 0.2) is 65.7 Å². The van der Waals surface area contributed by atoms with Gasteiger partial charge in [-0.1, -0.05) is 42.5 Å². The Morgan fingerprint density at radius 2 is 1.78 bits per heavy atom. The number of anilines is 1. The van der Waals surface area contributed by atoms with Crippen molar-refractivity contribution in [3.8, 4) is 5.75 Å². The minimum Gasteiger partial charge on any atom is -0.460 e. The maximum absolute atomic E-state index is 12.9. The van der Waals surface area contributed by atoms with E-state index in [1.165, 1.54) is 23.0 Å². The highest BCUT2D eigenvalue weighted by Crippen LogP contribution is 2.42. The SMILES string of the molecule is Nc1nc2c(ncn2[C@H]2C[C@H](O)[C@@H](COP(N)(=O)Oc3cccc(COC(=O)CNCC(=O)OCc4ccccc4)c3)O2)c(=O)[nH]1. The first-order valence-electron chi connectivity index (χ1n) is 14.0. The van der Waals surface area contributed by atoms with Crippen LogP contribution in [0.4, 0.5) is 5.95 Å². The number of carbonyl (C=O) groups excluding carboxylic acids is 2. The quantitative estimate of drug-likeness (QED) is 0.0933. The lowest BCUT2D eigenvalue weighted by atomic mass is 10.2. The highest BCUT2D eigenvalue weighted by atomic mass is 31.2. The number of fused-ring (bicyclic) bond motifs is 1. The molecule has 2 aromatic carbocycles. The fourth-order valence-electron chi connectivity index (χ4n) is 4.50. The van der Waals surface area contributed by atoms with E-state index in [1.54, 1.807) is 12.1 Å². The topological polar surface area (TPSA) is 245 Å². The van der Waals surface area contributed by atoms with Gasteiger partial charge in [-0.3, -0.25) is 33.8 Å². The van der Waals surface area contributed by atoms with E-state index in [0.29, 0.717) is 5.56 Å². The van der Waals surface area contributed by atoms with Gasteiger partial charge in [0.15, 0.2) is 11.2 Å². The summed E-state index contributed by atoms with van der Waals surface area (Å²) in [7, 11) is -4.18. The number of hydrogen-bond donors (Lipinski definition) is 5. The highest BCUT2D eigenvalue weighted by molar-refractivity contribution is 7.51. The van der Waals surface area contributed by atoms with Gasteiger partial charge in [-0.15, -0.1) is 0 Å². The number of H-pyrrole nitrogens is 1. The molecule has 1 fully saturated rings. The Morgan fingerprint density at radius 1 is 1.09 bits per heavy atom. The van der Waals surface area contributed by atoms with E-state index >= 15 is 0 Å². The molecule has 1 unspecified atom stereocenters. The molecule has 17 nitrogen and oxygen atoms in total. The number of benzene rings is 2. The van der Waals surface area contributed by atoms with Gasteiger partial charge in [0, 0.05) is 6.42 Å². The zero-order chi connectivity index (χ0) is 32.7. The average Bonchev–Trinajstić information content (AvgIpc) is 3.61. The monoisotopic (exact) mass is 657 g/mol. The van der Waals surface area contributed by atoms with Crippen LogP contribution in [-0.2, 0) is 46.1 Å². The molecule has 0 bridgehead atoms. The van der Waals surface area contributed by atoms with Crippen LogP contribution in [0.5, 0.6) is 5.75 Å². The smallest absolute Gasteiger partial charge is 0.456 e. The highest BCUT2D eigenvalue weighted by Gasteiger charge is 2.38. The van der Waals surface area contributed by atoms with E-state index in [-0.39, 0.29) is 62.2 Å². The first-order chi connectivity index (χ1) is 22.1. The zero-order valence-corrected chi connectivity index (χ0v) is 25.2. The average molecular weight is 658 g/mol. The van der Waals surface area contributed by atoms with Gasteiger partial charge in [-0.05, 0) is 23.3 Å². The van der Waals surface area contributed by atoms with Gasteiger partial charge in [0.2, 0.25) is 5.95 Å². The van der Waals surface area contributed by atoms with E-state index in [2.05, 4.69) is 20.3 Å². The minimum atomic E-state index is -4.18. The lowest BCUT2D eigenvalue weighted by Crippen LogP contribution is -2.30. The molecular formula is C28H32N7O10P. The number of imidazole rings is 1. The minimum absolute atomic E-state index is 0.0530. The van der Waals surface area contributed by atoms with Crippen LogP contribution < -0.4 is 26.6 Å². The number of nitrogens with two attached hydrogens (primary N) is 2. The Bertz CT molecular complexity index is 1780. The molecule has 0 amide bonds. The lowest BCUT2D eigenvalue weighted by Gasteiger charge is -2.19. The van der Waals surface area contributed by atoms with Crippen molar-refractivity contribution in [3.05, 3.63) is 82.4 Å². The molecule has 18 heteroatoms. The van der Waals surface area contributed by atoms with Gasteiger partial charge in [0.05, 0.1) is 32.1 Å². The van der Waals surface area contributed by atoms with E-state index in [1.807, 2.05) is 30.3 Å². The van der Waals surface area contributed by atoms with Gasteiger partial charge in [-0.2, -0.15) is 4.98 Å². The van der Waals surface area contributed by atoms with Crippen molar-refractivity contribution in [1.29, 1.82) is 0 Å². The molecule has 46 heavy (non-hydrogen) atoms. The number of nitrogens with zero attached hydrogens (tertiary/aromatic N) is 3. The molecule has 1 saturated heterocycles. The number of aromatic nitrogens is 4. The van der Waals surface area contributed by atoms with Crippen molar-refractivity contribution in [2.75, 3.05) is 25.4 Å². The Kier molecular flexibility index (Phi) is 10.4. The molecule has 0 aliphatic carbocycles. The predicted octanol–water partition coefficient (Wildman–Crippen LogP) is 0.889. The number of hydrogen-bond acceptors (Lipinski definition) is 14. The molecule has 0 radical (unpaired) electrons. The number of aliphatic hydroxyl groups excluding tert-OH is 1. The third kappa shape index (κ3) is 8.75. The molecule has 3 heterocycles. The van der Waals surface area contributed by atoms with Gasteiger partial charge < -0.3 is 29.6 Å². The normalized spacial score (nSPS) is 19.0. The summed E-state index contributed by atoms with van der Waals surface area (Å²) in [4.78, 5) is 46.5. The molecule has 5 rings (SSSR count). The first-order valence-corrected chi connectivity index (χ1v) is 15.6. The van der Waals surface area contributed by atoms with Gasteiger partial charge in [0.25, 0.3) is 5.56 Å². The number of aromatic amines is 1. The molecule has 0 saturated carbocycles. The van der Waals surface area contributed by atoms with Gasteiger partial charge >= 0.3 is 19.7 Å². The number of aliphatic hydroxyl groups is 1. The molecule has 244 valence electrons. The molecule has 4 atom stereocenters. The molecular weight excluding hydrogens is 625 g/mol. The summed E-state index contributed by atoms with van der Waals surface area (Å²) in [5.74, 6) is -1.15. The van der Waals surface area contributed by atoms with Crippen molar-refractivity contribution in [2.45, 2.75) is 38.1 Å². The standard InChI is InChI=1S/C28H32N7O10P/c29-28-33-26-25(27(39)34-28)32-16-35(26)22-10-20(36)21(44-22)15-43-46(30,40)45-19-8-4-7-18(9-19)14-42-24(38)12-31-11-23(37)41-13-17-5-2-1-3-6-17/h1-9,16,20-22,31,36H,10-15H2,(H2,30,40)(H3,29,33,34,39)/t20-,21+,22+,46?/m0/s1. The summed E-state index contributed by atoms with van der Waals surface area (Å²) >= 11 is 0. The second-order valence-electron chi connectivity index (χ2n) is 10.2. The Hall–Kier alpha value is -4.64. The van der Waals surface area contributed by atoms with Crippen LogP contribution >= 0.6 is 7.75 Å². The summed E-state index contributed by atoms with van der Waals surface area (Å²) in [6, 6.07) is 15.4. The van der Waals surface area contributed by atoms with Crippen LogP contribution in [0, 0.1) is 0 Å². The van der Waals surface area contributed by atoms with Crippen molar-refractivity contribution >= 4 is 36.8 Å². The van der Waals surface area contributed by atoms with Crippen molar-refractivity contribution in [2.24, 2.45) is 5.50 Å². The fourth-order valence-corrected chi connectivity index (χ4v) is 5.32. The largest absolute Gasteiger partial charge is 0.460 e. The molecule has 2 aromatic heterocycles. The summed E-state index contributed by atoms with van der Waals surface area (Å²) in [5, 5.41) is 13.2. The van der Waals surface area contributed by atoms with E-state index in [0.717, 1.165) is 5.56 Å². The van der Waals surface area contributed by atoms with Crippen molar-refractivity contribution in [3.63, 3.8) is 0 Å². The summed E-state index contributed by atoms with van der Waals surface area (Å²) in [6.45, 7) is -0.778. The fraction of sp³-hybridized carbons (Fsp3) is 0.321. The number of nitrogen functional groups attached to an aromatic ring is 1. The Balaban J connectivity index is 1.05.